The van der Waals surface area contributed by atoms with Gasteiger partial charge in [-0.05, 0) is 36.8 Å². The van der Waals surface area contributed by atoms with Crippen molar-refractivity contribution in [3.05, 3.63) is 94.4 Å². The van der Waals surface area contributed by atoms with E-state index in [0.29, 0.717) is 43.5 Å². The summed E-state index contributed by atoms with van der Waals surface area (Å²) in [5.41, 5.74) is 1.06. The van der Waals surface area contributed by atoms with Crippen molar-refractivity contribution in [1.29, 1.82) is 0 Å². The second-order valence-corrected chi connectivity index (χ2v) is 11.7. The van der Waals surface area contributed by atoms with Gasteiger partial charge in [-0.25, -0.2) is 0 Å². The largest absolute Gasteiger partial charge is 0.387 e. The smallest absolute Gasteiger partial charge is 0.255 e. The number of hydrogen-bond acceptors (Lipinski definition) is 4. The Bertz CT molecular complexity index is 1410. The molecule has 0 bridgehead atoms. The molecule has 1 saturated carbocycles. The number of amides is 2. The highest BCUT2D eigenvalue weighted by atomic mass is 16.3. The molecule has 3 aromatic rings. The van der Waals surface area contributed by atoms with Gasteiger partial charge in [-0.2, -0.15) is 0 Å². The monoisotopic (exact) mass is 541 g/mol. The van der Waals surface area contributed by atoms with Crippen LogP contribution in [-0.2, 0) is 17.8 Å². The minimum atomic E-state index is -1.16. The Morgan fingerprint density at radius 1 is 0.950 bits per heavy atom. The molecule has 1 aromatic heterocycles. The van der Waals surface area contributed by atoms with Crippen molar-refractivity contribution in [2.75, 3.05) is 27.2 Å². The summed E-state index contributed by atoms with van der Waals surface area (Å²) >= 11 is 0. The van der Waals surface area contributed by atoms with Crippen molar-refractivity contribution < 1.29 is 14.7 Å². The Kier molecular flexibility index (Phi) is 7.95. The van der Waals surface area contributed by atoms with E-state index in [-0.39, 0.29) is 23.9 Å². The van der Waals surface area contributed by atoms with Gasteiger partial charge in [0, 0.05) is 56.8 Å². The number of pyridine rings is 1. The fourth-order valence-electron chi connectivity index (χ4n) is 6.61. The van der Waals surface area contributed by atoms with Crippen LogP contribution in [0.25, 0.3) is 11.1 Å². The first-order valence-corrected chi connectivity index (χ1v) is 14.3. The van der Waals surface area contributed by atoms with E-state index in [1.807, 2.05) is 65.6 Å². The van der Waals surface area contributed by atoms with Crippen LogP contribution in [0.3, 0.4) is 0 Å². The van der Waals surface area contributed by atoms with Crippen LogP contribution in [0.5, 0.6) is 0 Å². The third-order valence-electron chi connectivity index (χ3n) is 8.94. The van der Waals surface area contributed by atoms with Crippen LogP contribution in [0.1, 0.15) is 54.4 Å². The van der Waals surface area contributed by atoms with E-state index in [1.54, 1.807) is 20.3 Å². The third kappa shape index (κ3) is 5.48. The van der Waals surface area contributed by atoms with E-state index < -0.39 is 11.0 Å². The van der Waals surface area contributed by atoms with Crippen LogP contribution < -0.4 is 5.56 Å². The van der Waals surface area contributed by atoms with E-state index in [1.165, 1.54) is 15.5 Å². The molecule has 2 fully saturated rings. The molecule has 2 amide bonds. The molecule has 40 heavy (non-hydrogen) atoms. The molecule has 2 heterocycles. The molecule has 1 atom stereocenters. The van der Waals surface area contributed by atoms with Crippen molar-refractivity contribution in [3.8, 4) is 11.1 Å². The summed E-state index contributed by atoms with van der Waals surface area (Å²) in [6.45, 7) is 1.05. The number of piperidine rings is 1. The van der Waals surface area contributed by atoms with Crippen LogP contribution in [0.4, 0.5) is 0 Å². The Morgan fingerprint density at radius 3 is 2.25 bits per heavy atom. The van der Waals surface area contributed by atoms with E-state index in [4.69, 9.17) is 0 Å². The quantitative estimate of drug-likeness (QED) is 0.482. The normalized spacial score (nSPS) is 20.0. The zero-order valence-electron chi connectivity index (χ0n) is 23.5. The predicted molar refractivity (Wildman–Crippen MR) is 156 cm³/mol. The predicted octanol–water partition coefficient (Wildman–Crippen LogP) is 4.37. The average molecular weight is 542 g/mol. The molecule has 1 spiro atoms. The highest BCUT2D eigenvalue weighted by Gasteiger charge is 2.55. The van der Waals surface area contributed by atoms with Gasteiger partial charge in [-0.15, -0.1) is 0 Å². The zero-order valence-corrected chi connectivity index (χ0v) is 23.5. The number of carbonyl (C=O) groups excluding carboxylic acids is 2. The molecular weight excluding hydrogens is 502 g/mol. The summed E-state index contributed by atoms with van der Waals surface area (Å²) in [7, 11) is 3.39. The Labute approximate surface area is 236 Å². The lowest BCUT2D eigenvalue weighted by molar-refractivity contribution is -0.160. The fraction of sp³-hybridized carbons (Fsp3) is 0.424. The van der Waals surface area contributed by atoms with Crippen LogP contribution >= 0.6 is 0 Å². The molecule has 210 valence electrons. The summed E-state index contributed by atoms with van der Waals surface area (Å²) in [5, 5.41) is 12.2. The number of aromatic nitrogens is 1. The lowest BCUT2D eigenvalue weighted by Gasteiger charge is -2.52. The SMILES string of the molecule is CN(C)C(=O)c1cn(CC2(O)CCN(C(=O)CCc3ccccc3)CC23CCCC3)c(=O)cc1-c1ccccc1. The van der Waals surface area contributed by atoms with Crippen molar-refractivity contribution in [1.82, 2.24) is 14.4 Å². The van der Waals surface area contributed by atoms with Gasteiger partial charge in [0.25, 0.3) is 11.5 Å². The second kappa shape index (κ2) is 11.4. The van der Waals surface area contributed by atoms with Crippen LogP contribution in [0.2, 0.25) is 0 Å². The first kappa shape index (κ1) is 27.8. The van der Waals surface area contributed by atoms with Crippen molar-refractivity contribution >= 4 is 11.8 Å². The number of hydrogen-bond donors (Lipinski definition) is 1. The van der Waals surface area contributed by atoms with Crippen molar-refractivity contribution in [3.63, 3.8) is 0 Å². The van der Waals surface area contributed by atoms with Crippen molar-refractivity contribution in [2.24, 2.45) is 5.41 Å². The summed E-state index contributed by atoms with van der Waals surface area (Å²) < 4.78 is 1.51. The maximum absolute atomic E-state index is 13.4. The molecule has 7 heteroatoms. The highest BCUT2D eigenvalue weighted by Crippen LogP contribution is 2.51. The molecule has 1 aliphatic carbocycles. The lowest BCUT2D eigenvalue weighted by Crippen LogP contribution is -2.62. The minimum Gasteiger partial charge on any atom is -0.387 e. The number of aliphatic hydroxyl groups is 1. The van der Waals surface area contributed by atoms with Gasteiger partial charge in [0.15, 0.2) is 0 Å². The summed E-state index contributed by atoms with van der Waals surface area (Å²) in [4.78, 5) is 43.3. The molecule has 0 radical (unpaired) electrons. The van der Waals surface area contributed by atoms with E-state index in [0.717, 1.165) is 36.8 Å². The molecule has 2 aromatic carbocycles. The Balaban J connectivity index is 1.41. The zero-order chi connectivity index (χ0) is 28.3. The van der Waals surface area contributed by atoms with Gasteiger partial charge in [-0.3, -0.25) is 14.4 Å². The number of rotatable bonds is 7. The maximum Gasteiger partial charge on any atom is 0.255 e. The first-order chi connectivity index (χ1) is 19.2. The van der Waals surface area contributed by atoms with Gasteiger partial charge < -0.3 is 19.5 Å². The van der Waals surface area contributed by atoms with E-state index >= 15 is 0 Å². The van der Waals surface area contributed by atoms with Crippen LogP contribution in [0, 0.1) is 5.41 Å². The first-order valence-electron chi connectivity index (χ1n) is 14.3. The minimum absolute atomic E-state index is 0.0979. The maximum atomic E-state index is 13.4. The molecule has 1 N–H and O–H groups in total. The Hall–Kier alpha value is -3.71. The summed E-state index contributed by atoms with van der Waals surface area (Å²) in [6, 6.07) is 21.0. The van der Waals surface area contributed by atoms with Crippen molar-refractivity contribution in [2.45, 2.75) is 57.1 Å². The standard InChI is InChI=1S/C33H39N3O4/c1-34(2)31(39)28-22-36(30(38)21-27(28)26-13-7-4-8-14-26)24-33(40)19-20-35(23-32(33)17-9-10-18-32)29(37)16-15-25-11-5-3-6-12-25/h3-8,11-14,21-22,40H,9-10,15-20,23-24H2,1-2H3. The number of aryl methyl sites for hydroxylation is 1. The number of likely N-dealkylation sites (tertiary alicyclic amines) is 1. The topological polar surface area (TPSA) is 82.8 Å². The molecular formula is C33H39N3O4. The highest BCUT2D eigenvalue weighted by molar-refractivity contribution is 6.00. The third-order valence-corrected chi connectivity index (χ3v) is 8.94. The second-order valence-electron chi connectivity index (χ2n) is 11.7. The molecule has 2 aliphatic rings. The number of nitrogens with zero attached hydrogens (tertiary/aromatic N) is 3. The van der Waals surface area contributed by atoms with Crippen LogP contribution in [0.15, 0.2) is 77.7 Å². The Morgan fingerprint density at radius 2 is 1.60 bits per heavy atom. The molecule has 1 aliphatic heterocycles. The van der Waals surface area contributed by atoms with E-state index in [2.05, 4.69) is 0 Å². The van der Waals surface area contributed by atoms with Gasteiger partial charge in [-0.1, -0.05) is 73.5 Å². The van der Waals surface area contributed by atoms with Gasteiger partial charge in [0.2, 0.25) is 5.91 Å². The summed E-state index contributed by atoms with van der Waals surface area (Å²) in [6.07, 6.45) is 6.74. The molecule has 1 unspecified atom stereocenters. The fourth-order valence-corrected chi connectivity index (χ4v) is 6.61. The lowest BCUT2D eigenvalue weighted by atomic mass is 9.65. The number of carbonyl (C=O) groups is 2. The number of benzene rings is 2. The van der Waals surface area contributed by atoms with Gasteiger partial charge in [0.05, 0.1) is 17.7 Å². The van der Waals surface area contributed by atoms with E-state index in [9.17, 15) is 19.5 Å². The molecule has 7 nitrogen and oxygen atoms in total. The van der Waals surface area contributed by atoms with Crippen LogP contribution in [-0.4, -0.2) is 64.1 Å². The summed E-state index contributed by atoms with van der Waals surface area (Å²) in [5.74, 6) is -0.0885. The molecule has 1 saturated heterocycles. The van der Waals surface area contributed by atoms with Gasteiger partial charge in [0.1, 0.15) is 0 Å². The average Bonchev–Trinajstić information content (AvgIpc) is 3.45. The molecule has 5 rings (SSSR count). The van der Waals surface area contributed by atoms with Gasteiger partial charge >= 0.3 is 0 Å².